The Morgan fingerprint density at radius 2 is 2.20 bits per heavy atom. The van der Waals surface area contributed by atoms with Crippen molar-refractivity contribution in [3.63, 3.8) is 0 Å². The molecule has 0 aliphatic rings. The van der Waals surface area contributed by atoms with Crippen LogP contribution in [0.2, 0.25) is 0 Å². The van der Waals surface area contributed by atoms with Gasteiger partial charge in [-0.3, -0.25) is 9.78 Å². The number of nitrogens with one attached hydrogen (secondary N) is 1. The lowest BCUT2D eigenvalue weighted by Crippen LogP contribution is -2.14. The zero-order valence-corrected chi connectivity index (χ0v) is 16.0. The summed E-state index contributed by atoms with van der Waals surface area (Å²) in [7, 11) is 3.35. The quantitative estimate of drug-likeness (QED) is 0.612. The number of carbonyl (C=O) groups excluding carboxylic acids is 1. The largest absolute Gasteiger partial charge is 0.469 e. The standard InChI is InChI=1S/C18H21BrN4O2/c1-20-8-7-16-22-15-11-21-14-10-12(19)5-6-13(14)18(15)23(16)9-3-4-17(24)25-2/h5-6,10-11,20H,3-4,7-9H2,1-2H3. The minimum Gasteiger partial charge on any atom is -0.469 e. The Balaban J connectivity index is 2.06. The molecule has 3 aromatic rings. The number of benzene rings is 1. The normalized spacial score (nSPS) is 11.3. The van der Waals surface area contributed by atoms with Gasteiger partial charge in [-0.1, -0.05) is 15.9 Å². The van der Waals surface area contributed by atoms with Crippen LogP contribution in [0.1, 0.15) is 18.7 Å². The molecule has 1 aromatic carbocycles. The van der Waals surface area contributed by atoms with Crippen LogP contribution in [0.25, 0.3) is 21.9 Å². The molecular formula is C18H21BrN4O2. The SMILES string of the molecule is CNCCc1nc2cnc3cc(Br)ccc3c2n1CCCC(=O)OC. The Morgan fingerprint density at radius 3 is 2.96 bits per heavy atom. The number of likely N-dealkylation sites (N-methyl/N-ethyl adjacent to an activating group) is 1. The monoisotopic (exact) mass is 404 g/mol. The maximum atomic E-state index is 11.4. The number of halogens is 1. The number of hydrogen-bond donors (Lipinski definition) is 1. The number of hydrogen-bond acceptors (Lipinski definition) is 5. The predicted octanol–water partition coefficient (Wildman–Crippen LogP) is 3.06. The summed E-state index contributed by atoms with van der Waals surface area (Å²) in [6.45, 7) is 1.57. The molecule has 2 aromatic heterocycles. The third-order valence-electron chi connectivity index (χ3n) is 4.20. The summed E-state index contributed by atoms with van der Waals surface area (Å²) in [5.74, 6) is 0.822. The summed E-state index contributed by atoms with van der Waals surface area (Å²) in [5.41, 5.74) is 2.89. The first kappa shape index (κ1) is 17.8. The maximum Gasteiger partial charge on any atom is 0.305 e. The topological polar surface area (TPSA) is 69.0 Å². The maximum absolute atomic E-state index is 11.4. The number of aryl methyl sites for hydroxylation is 1. The van der Waals surface area contributed by atoms with Gasteiger partial charge in [0.15, 0.2) is 0 Å². The van der Waals surface area contributed by atoms with Crippen molar-refractivity contribution >= 4 is 43.8 Å². The second-order valence-electron chi connectivity index (χ2n) is 5.87. The third-order valence-corrected chi connectivity index (χ3v) is 4.70. The van der Waals surface area contributed by atoms with Gasteiger partial charge in [-0.2, -0.15) is 0 Å². The zero-order valence-electron chi connectivity index (χ0n) is 14.4. The molecule has 0 atom stereocenters. The molecule has 25 heavy (non-hydrogen) atoms. The molecule has 1 N–H and O–H groups in total. The third kappa shape index (κ3) is 3.82. The van der Waals surface area contributed by atoms with Gasteiger partial charge in [-0.05, 0) is 31.7 Å². The second-order valence-corrected chi connectivity index (χ2v) is 6.78. The molecule has 0 aliphatic carbocycles. The van der Waals surface area contributed by atoms with E-state index in [4.69, 9.17) is 9.72 Å². The van der Waals surface area contributed by atoms with Gasteiger partial charge >= 0.3 is 5.97 Å². The zero-order chi connectivity index (χ0) is 17.8. The molecule has 0 bridgehead atoms. The smallest absolute Gasteiger partial charge is 0.305 e. The van der Waals surface area contributed by atoms with E-state index < -0.39 is 0 Å². The van der Waals surface area contributed by atoms with Crippen LogP contribution >= 0.6 is 15.9 Å². The number of imidazole rings is 1. The van der Waals surface area contributed by atoms with E-state index in [0.29, 0.717) is 12.8 Å². The predicted molar refractivity (Wildman–Crippen MR) is 102 cm³/mol. The molecule has 0 amide bonds. The van der Waals surface area contributed by atoms with E-state index in [1.54, 1.807) is 0 Å². The highest BCUT2D eigenvalue weighted by Gasteiger charge is 2.14. The molecule has 7 heteroatoms. The van der Waals surface area contributed by atoms with Gasteiger partial charge in [-0.15, -0.1) is 0 Å². The first-order chi connectivity index (χ1) is 12.1. The van der Waals surface area contributed by atoms with E-state index in [-0.39, 0.29) is 5.97 Å². The molecule has 0 saturated heterocycles. The summed E-state index contributed by atoms with van der Waals surface area (Å²) in [6, 6.07) is 6.09. The van der Waals surface area contributed by atoms with Crippen LogP contribution < -0.4 is 5.32 Å². The molecule has 0 fully saturated rings. The number of carbonyl (C=O) groups is 1. The number of pyridine rings is 1. The molecule has 0 aliphatic heterocycles. The van der Waals surface area contributed by atoms with Gasteiger partial charge in [0.25, 0.3) is 0 Å². The number of nitrogens with zero attached hydrogens (tertiary/aromatic N) is 3. The Bertz CT molecular complexity index is 907. The summed E-state index contributed by atoms with van der Waals surface area (Å²) in [4.78, 5) is 20.7. The molecule has 6 nitrogen and oxygen atoms in total. The van der Waals surface area contributed by atoms with Crippen molar-refractivity contribution in [2.75, 3.05) is 20.7 Å². The highest BCUT2D eigenvalue weighted by molar-refractivity contribution is 9.10. The average molecular weight is 405 g/mol. The minimum atomic E-state index is -0.184. The molecule has 0 saturated carbocycles. The highest BCUT2D eigenvalue weighted by atomic mass is 79.9. The van der Waals surface area contributed by atoms with Crippen molar-refractivity contribution in [3.8, 4) is 0 Å². The Labute approximate surface area is 154 Å². The van der Waals surface area contributed by atoms with Crippen LogP contribution in [-0.4, -0.2) is 41.2 Å². The summed E-state index contributed by atoms with van der Waals surface area (Å²) in [5, 5.41) is 4.24. The first-order valence-electron chi connectivity index (χ1n) is 8.29. The van der Waals surface area contributed by atoms with Crippen molar-refractivity contribution < 1.29 is 9.53 Å². The summed E-state index contributed by atoms with van der Waals surface area (Å²) in [6.07, 6.45) is 3.76. The number of methoxy groups -OCH3 is 1. The number of fused-ring (bicyclic) bond motifs is 3. The molecule has 132 valence electrons. The molecular weight excluding hydrogens is 384 g/mol. The van der Waals surface area contributed by atoms with Gasteiger partial charge in [0.05, 0.1) is 24.3 Å². The van der Waals surface area contributed by atoms with Gasteiger partial charge in [0, 0.05) is 35.8 Å². The molecule has 3 rings (SSSR count). The molecule has 0 radical (unpaired) electrons. The van der Waals surface area contributed by atoms with Gasteiger partial charge < -0.3 is 14.6 Å². The van der Waals surface area contributed by atoms with Crippen LogP contribution in [-0.2, 0) is 22.5 Å². The van der Waals surface area contributed by atoms with Crippen molar-refractivity contribution in [1.29, 1.82) is 0 Å². The van der Waals surface area contributed by atoms with E-state index in [2.05, 4.69) is 36.9 Å². The fourth-order valence-corrected chi connectivity index (χ4v) is 3.34. The second kappa shape index (κ2) is 7.93. The lowest BCUT2D eigenvalue weighted by molar-refractivity contribution is -0.140. The van der Waals surface area contributed by atoms with Crippen LogP contribution in [0.3, 0.4) is 0 Å². The lowest BCUT2D eigenvalue weighted by Gasteiger charge is -2.10. The van der Waals surface area contributed by atoms with Crippen LogP contribution in [0.4, 0.5) is 0 Å². The molecule has 0 unspecified atom stereocenters. The fraction of sp³-hybridized carbons (Fsp3) is 0.389. The number of esters is 1. The fourth-order valence-electron chi connectivity index (χ4n) is 2.99. The number of aromatic nitrogens is 3. The molecule has 2 heterocycles. The van der Waals surface area contributed by atoms with Gasteiger partial charge in [-0.25, -0.2) is 4.98 Å². The van der Waals surface area contributed by atoms with Crippen molar-refractivity contribution in [3.05, 3.63) is 34.7 Å². The first-order valence-corrected chi connectivity index (χ1v) is 9.08. The van der Waals surface area contributed by atoms with Crippen molar-refractivity contribution in [2.24, 2.45) is 0 Å². The lowest BCUT2D eigenvalue weighted by atomic mass is 10.2. The van der Waals surface area contributed by atoms with E-state index in [0.717, 1.165) is 51.7 Å². The van der Waals surface area contributed by atoms with Crippen molar-refractivity contribution in [1.82, 2.24) is 19.9 Å². The van der Waals surface area contributed by atoms with E-state index in [9.17, 15) is 4.79 Å². The summed E-state index contributed by atoms with van der Waals surface area (Å²) >= 11 is 3.50. The van der Waals surface area contributed by atoms with E-state index in [1.807, 2.05) is 25.4 Å². The van der Waals surface area contributed by atoms with Gasteiger partial charge in [0.2, 0.25) is 0 Å². The number of ether oxygens (including phenoxy) is 1. The van der Waals surface area contributed by atoms with E-state index in [1.165, 1.54) is 7.11 Å². The number of rotatable bonds is 7. The average Bonchev–Trinajstić information content (AvgIpc) is 2.97. The van der Waals surface area contributed by atoms with Gasteiger partial charge in [0.1, 0.15) is 11.3 Å². The van der Waals surface area contributed by atoms with Crippen molar-refractivity contribution in [2.45, 2.75) is 25.8 Å². The van der Waals surface area contributed by atoms with Crippen LogP contribution in [0, 0.1) is 0 Å². The molecule has 0 spiro atoms. The van der Waals surface area contributed by atoms with E-state index >= 15 is 0 Å². The Kier molecular flexibility index (Phi) is 5.65. The Hall–Kier alpha value is -1.99. The van der Waals surface area contributed by atoms with Crippen LogP contribution in [0.15, 0.2) is 28.9 Å². The summed E-state index contributed by atoms with van der Waals surface area (Å²) < 4.78 is 7.96. The Morgan fingerprint density at radius 1 is 1.36 bits per heavy atom. The minimum absolute atomic E-state index is 0.184. The van der Waals surface area contributed by atoms with Crippen LogP contribution in [0.5, 0.6) is 0 Å². The highest BCUT2D eigenvalue weighted by Crippen LogP contribution is 2.27.